The lowest BCUT2D eigenvalue weighted by Gasteiger charge is -2.34. The number of rotatable bonds is 3. The monoisotopic (exact) mass is 436 g/mol. The van der Waals surface area contributed by atoms with E-state index in [1.54, 1.807) is 0 Å². The maximum Gasteiger partial charge on any atom is 0.193 e. The Balaban J connectivity index is 1.60. The second-order valence-corrected chi connectivity index (χ2v) is 9.90. The fraction of sp³-hybridized carbons (Fsp3) is 0.241. The molecule has 0 spiro atoms. The Morgan fingerprint density at radius 1 is 0.879 bits per heavy atom. The van der Waals surface area contributed by atoms with E-state index in [2.05, 4.69) is 55.7 Å². The van der Waals surface area contributed by atoms with Crippen molar-refractivity contribution in [2.45, 2.75) is 39.7 Å². The zero-order valence-corrected chi connectivity index (χ0v) is 19.2. The van der Waals surface area contributed by atoms with Crippen molar-refractivity contribution in [2.75, 3.05) is 10.6 Å². The molecule has 4 heteroatoms. The molecule has 0 fully saturated rings. The summed E-state index contributed by atoms with van der Waals surface area (Å²) in [5, 5.41) is 7.15. The fourth-order valence-electron chi connectivity index (χ4n) is 4.85. The predicted molar refractivity (Wildman–Crippen MR) is 133 cm³/mol. The van der Waals surface area contributed by atoms with Crippen LogP contribution in [0.25, 0.3) is 0 Å². The number of ketones is 2. The van der Waals surface area contributed by atoms with Gasteiger partial charge in [0.2, 0.25) is 0 Å². The van der Waals surface area contributed by atoms with Gasteiger partial charge in [-0.25, -0.2) is 0 Å². The summed E-state index contributed by atoms with van der Waals surface area (Å²) < 4.78 is 0. The van der Waals surface area contributed by atoms with Crippen LogP contribution in [-0.2, 0) is 4.79 Å². The molecule has 0 saturated carbocycles. The minimum atomic E-state index is -0.242. The molecule has 1 aliphatic heterocycles. The number of allylic oxidation sites excluding steroid dienone is 1. The van der Waals surface area contributed by atoms with Crippen LogP contribution in [0.3, 0.4) is 0 Å². The van der Waals surface area contributed by atoms with Gasteiger partial charge in [0.1, 0.15) is 0 Å². The third-order valence-corrected chi connectivity index (χ3v) is 6.52. The van der Waals surface area contributed by atoms with Crippen molar-refractivity contribution in [1.82, 2.24) is 0 Å². The molecule has 166 valence electrons. The quantitative estimate of drug-likeness (QED) is 0.463. The van der Waals surface area contributed by atoms with E-state index in [1.807, 2.05) is 48.5 Å². The average molecular weight is 437 g/mol. The van der Waals surface area contributed by atoms with Crippen molar-refractivity contribution in [2.24, 2.45) is 5.41 Å². The molecule has 0 saturated heterocycles. The Hall–Kier alpha value is -3.66. The smallest absolute Gasteiger partial charge is 0.193 e. The zero-order valence-electron chi connectivity index (χ0n) is 19.2. The number of carbonyl (C=O) groups excluding carboxylic acids is 2. The van der Waals surface area contributed by atoms with Gasteiger partial charge >= 0.3 is 0 Å². The third kappa shape index (κ3) is 4.09. The van der Waals surface area contributed by atoms with E-state index < -0.39 is 0 Å². The molecule has 1 atom stereocenters. The van der Waals surface area contributed by atoms with Gasteiger partial charge in [-0.05, 0) is 42.5 Å². The van der Waals surface area contributed by atoms with Crippen molar-refractivity contribution >= 4 is 22.9 Å². The maximum atomic E-state index is 13.4. The first kappa shape index (κ1) is 21.2. The first-order chi connectivity index (χ1) is 15.8. The Morgan fingerprint density at radius 3 is 2.33 bits per heavy atom. The summed E-state index contributed by atoms with van der Waals surface area (Å²) in [6, 6.07) is 23.1. The maximum absolute atomic E-state index is 13.4. The Kier molecular flexibility index (Phi) is 5.16. The lowest BCUT2D eigenvalue weighted by molar-refractivity contribution is -0.118. The fourth-order valence-corrected chi connectivity index (χ4v) is 4.85. The molecule has 4 nitrogen and oxygen atoms in total. The molecule has 0 bridgehead atoms. The summed E-state index contributed by atoms with van der Waals surface area (Å²) >= 11 is 0. The Morgan fingerprint density at radius 2 is 1.61 bits per heavy atom. The number of carbonyl (C=O) groups is 2. The number of aryl methyl sites for hydroxylation is 1. The zero-order chi connectivity index (χ0) is 23.2. The van der Waals surface area contributed by atoms with Crippen LogP contribution in [0.2, 0.25) is 0 Å². The van der Waals surface area contributed by atoms with Crippen LogP contribution >= 0.6 is 0 Å². The summed E-state index contributed by atoms with van der Waals surface area (Å²) in [5.74, 6) is 0.147. The summed E-state index contributed by atoms with van der Waals surface area (Å²) in [7, 11) is 0. The van der Waals surface area contributed by atoms with Gasteiger partial charge < -0.3 is 10.6 Å². The van der Waals surface area contributed by atoms with Gasteiger partial charge in [0, 0.05) is 28.8 Å². The molecule has 0 radical (unpaired) electrons. The molecule has 2 aliphatic rings. The molecular formula is C29H28N2O2. The number of hydrogen-bond donors (Lipinski definition) is 2. The van der Waals surface area contributed by atoms with Gasteiger partial charge in [-0.3, -0.25) is 9.59 Å². The number of benzene rings is 3. The highest BCUT2D eigenvalue weighted by Gasteiger charge is 2.38. The van der Waals surface area contributed by atoms with Crippen LogP contribution in [0.4, 0.5) is 11.4 Å². The second-order valence-electron chi connectivity index (χ2n) is 9.90. The summed E-state index contributed by atoms with van der Waals surface area (Å²) in [4.78, 5) is 26.4. The summed E-state index contributed by atoms with van der Waals surface area (Å²) in [6.07, 6.45) is 1.29. The van der Waals surface area contributed by atoms with Gasteiger partial charge in [-0.15, -0.1) is 0 Å². The van der Waals surface area contributed by atoms with Crippen LogP contribution in [0, 0.1) is 12.3 Å². The van der Waals surface area contributed by atoms with Gasteiger partial charge in [0.15, 0.2) is 11.6 Å². The van der Waals surface area contributed by atoms with E-state index in [4.69, 9.17) is 0 Å². The van der Waals surface area contributed by atoms with E-state index in [0.29, 0.717) is 17.5 Å². The number of anilines is 2. The number of fused-ring (bicyclic) bond motifs is 1. The van der Waals surface area contributed by atoms with Crippen LogP contribution in [0.5, 0.6) is 0 Å². The van der Waals surface area contributed by atoms with Gasteiger partial charge in [0.25, 0.3) is 0 Å². The van der Waals surface area contributed by atoms with Crippen molar-refractivity contribution in [3.05, 3.63) is 106 Å². The number of Topliss-reactive ketones (excluding diaryl/α,β-unsaturated/α-hetero) is 1. The topological polar surface area (TPSA) is 58.2 Å². The second kappa shape index (κ2) is 8.04. The highest BCUT2D eigenvalue weighted by atomic mass is 16.1. The van der Waals surface area contributed by atoms with Gasteiger partial charge in [-0.2, -0.15) is 0 Å². The van der Waals surface area contributed by atoms with Gasteiger partial charge in [0.05, 0.1) is 17.4 Å². The SMILES string of the molecule is Cc1ccc([C@@H]2Nc3ccc(C(=O)c4ccccc4)cc3NC3=C2C(=O)CC(C)(C)C3)cc1. The van der Waals surface area contributed by atoms with Crippen molar-refractivity contribution in [1.29, 1.82) is 0 Å². The molecular weight excluding hydrogens is 408 g/mol. The highest BCUT2D eigenvalue weighted by Crippen LogP contribution is 2.45. The lowest BCUT2D eigenvalue weighted by Crippen LogP contribution is -2.31. The molecule has 0 amide bonds. The molecule has 3 aromatic rings. The van der Waals surface area contributed by atoms with E-state index >= 15 is 0 Å². The predicted octanol–water partition coefficient (Wildman–Crippen LogP) is 6.45. The van der Waals surface area contributed by atoms with E-state index in [0.717, 1.165) is 34.6 Å². The first-order valence-electron chi connectivity index (χ1n) is 11.4. The molecule has 3 aromatic carbocycles. The van der Waals surface area contributed by atoms with Crippen molar-refractivity contribution in [3.63, 3.8) is 0 Å². The molecule has 1 aliphatic carbocycles. The third-order valence-electron chi connectivity index (χ3n) is 6.52. The molecule has 2 N–H and O–H groups in total. The van der Waals surface area contributed by atoms with E-state index in [1.165, 1.54) is 5.56 Å². The number of hydrogen-bond acceptors (Lipinski definition) is 4. The largest absolute Gasteiger partial charge is 0.372 e. The molecule has 0 aromatic heterocycles. The minimum Gasteiger partial charge on any atom is -0.372 e. The van der Waals surface area contributed by atoms with Crippen LogP contribution in [0.1, 0.15) is 59.8 Å². The Bertz CT molecular complexity index is 1270. The average Bonchev–Trinajstić information content (AvgIpc) is 2.95. The molecule has 33 heavy (non-hydrogen) atoms. The van der Waals surface area contributed by atoms with Crippen LogP contribution in [-0.4, -0.2) is 11.6 Å². The van der Waals surface area contributed by atoms with E-state index in [9.17, 15) is 9.59 Å². The minimum absolute atomic E-state index is 0.0196. The van der Waals surface area contributed by atoms with Crippen LogP contribution in [0.15, 0.2) is 84.1 Å². The van der Waals surface area contributed by atoms with Gasteiger partial charge in [-0.1, -0.05) is 74.0 Å². The highest BCUT2D eigenvalue weighted by molar-refractivity contribution is 6.10. The normalized spacial score (nSPS) is 19.0. The lowest BCUT2D eigenvalue weighted by atomic mass is 9.73. The van der Waals surface area contributed by atoms with Crippen molar-refractivity contribution in [3.8, 4) is 0 Å². The number of nitrogens with one attached hydrogen (secondary N) is 2. The summed E-state index contributed by atoms with van der Waals surface area (Å²) in [6.45, 7) is 6.32. The van der Waals surface area contributed by atoms with E-state index in [-0.39, 0.29) is 23.0 Å². The first-order valence-corrected chi connectivity index (χ1v) is 11.4. The standard InChI is InChI=1S/C29H28N2O2/c1-18-9-11-19(12-10-18)27-26-24(16-29(2,3)17-25(26)32)30-23-15-21(13-14-22(23)31-27)28(33)20-7-5-4-6-8-20/h4-15,27,30-31H,16-17H2,1-3H3/t27-/m0/s1. The molecule has 5 rings (SSSR count). The van der Waals surface area contributed by atoms with Crippen molar-refractivity contribution < 1.29 is 9.59 Å². The summed E-state index contributed by atoms with van der Waals surface area (Å²) in [5.41, 5.74) is 6.83. The Labute approximate surface area is 194 Å². The van der Waals surface area contributed by atoms with Crippen LogP contribution < -0.4 is 10.6 Å². The molecule has 0 unspecified atom stereocenters. The molecule has 1 heterocycles.